The maximum Gasteiger partial charge on any atom is 0.147 e. The van der Waals surface area contributed by atoms with Crippen LogP contribution in [0.1, 0.15) is 5.69 Å². The fraction of sp³-hybridized carbons (Fsp3) is 0.600. The molecule has 0 aliphatic heterocycles. The minimum absolute atomic E-state index is 0.740. The summed E-state index contributed by atoms with van der Waals surface area (Å²) in [6.07, 6.45) is 3.38. The van der Waals surface area contributed by atoms with E-state index in [2.05, 4.69) is 20.6 Å². The van der Waals surface area contributed by atoms with Crippen LogP contribution >= 0.6 is 0 Å². The first-order chi connectivity index (χ1) is 7.34. The summed E-state index contributed by atoms with van der Waals surface area (Å²) in [7, 11) is 1.70. The number of anilines is 1. The monoisotopic (exact) mass is 210 g/mol. The molecule has 0 bridgehead atoms. The van der Waals surface area contributed by atoms with Crippen LogP contribution in [-0.2, 0) is 4.74 Å². The normalized spacial score (nSPS) is 10.3. The average molecular weight is 210 g/mol. The quantitative estimate of drug-likeness (QED) is 0.639. The molecule has 0 aliphatic carbocycles. The van der Waals surface area contributed by atoms with Crippen molar-refractivity contribution in [1.29, 1.82) is 0 Å². The maximum atomic E-state index is 4.92. The number of aryl methyl sites for hydroxylation is 1. The maximum absolute atomic E-state index is 4.92. The molecule has 1 heterocycles. The van der Waals surface area contributed by atoms with Gasteiger partial charge in [0, 0.05) is 39.1 Å². The molecule has 1 aromatic rings. The fourth-order valence-electron chi connectivity index (χ4n) is 1.15. The Morgan fingerprint density at radius 2 is 2.00 bits per heavy atom. The van der Waals surface area contributed by atoms with Crippen molar-refractivity contribution in [3.63, 3.8) is 0 Å². The molecule has 0 fully saturated rings. The second-order valence-electron chi connectivity index (χ2n) is 3.16. The number of hydrogen-bond acceptors (Lipinski definition) is 5. The Morgan fingerprint density at radius 3 is 2.73 bits per heavy atom. The van der Waals surface area contributed by atoms with Gasteiger partial charge in [0.05, 0.1) is 12.3 Å². The molecule has 1 aromatic heterocycles. The minimum atomic E-state index is 0.740. The van der Waals surface area contributed by atoms with E-state index in [0.29, 0.717) is 0 Å². The molecule has 0 spiro atoms. The van der Waals surface area contributed by atoms with Crippen molar-refractivity contribution in [2.45, 2.75) is 6.92 Å². The van der Waals surface area contributed by atoms with Crippen molar-refractivity contribution in [1.82, 2.24) is 15.3 Å². The Bertz CT molecular complexity index is 280. The van der Waals surface area contributed by atoms with E-state index in [1.54, 1.807) is 19.5 Å². The van der Waals surface area contributed by atoms with E-state index in [-0.39, 0.29) is 0 Å². The lowest BCUT2D eigenvalue weighted by molar-refractivity contribution is 0.200. The highest BCUT2D eigenvalue weighted by molar-refractivity contribution is 5.37. The van der Waals surface area contributed by atoms with Gasteiger partial charge in [-0.1, -0.05) is 0 Å². The van der Waals surface area contributed by atoms with Crippen LogP contribution in [0.25, 0.3) is 0 Å². The van der Waals surface area contributed by atoms with E-state index in [0.717, 1.165) is 37.8 Å². The Hall–Kier alpha value is -1.20. The zero-order chi connectivity index (χ0) is 10.9. The highest BCUT2D eigenvalue weighted by atomic mass is 16.5. The Morgan fingerprint density at radius 1 is 1.20 bits per heavy atom. The van der Waals surface area contributed by atoms with Gasteiger partial charge in [0.1, 0.15) is 5.82 Å². The topological polar surface area (TPSA) is 59.1 Å². The number of methoxy groups -OCH3 is 1. The highest BCUT2D eigenvalue weighted by Crippen LogP contribution is 2.04. The molecule has 0 atom stereocenters. The van der Waals surface area contributed by atoms with Gasteiger partial charge in [-0.05, 0) is 6.92 Å². The molecule has 5 nitrogen and oxygen atoms in total. The molecule has 0 radical (unpaired) electrons. The zero-order valence-corrected chi connectivity index (χ0v) is 9.29. The van der Waals surface area contributed by atoms with E-state index in [4.69, 9.17) is 4.74 Å². The number of nitrogens with zero attached hydrogens (tertiary/aromatic N) is 2. The predicted molar refractivity (Wildman–Crippen MR) is 60.0 cm³/mol. The van der Waals surface area contributed by atoms with E-state index in [1.165, 1.54) is 0 Å². The summed E-state index contributed by atoms with van der Waals surface area (Å²) < 4.78 is 4.92. The molecule has 5 heteroatoms. The summed E-state index contributed by atoms with van der Waals surface area (Å²) in [5, 5.41) is 6.45. The van der Waals surface area contributed by atoms with E-state index < -0.39 is 0 Å². The van der Waals surface area contributed by atoms with Gasteiger partial charge >= 0.3 is 0 Å². The molecule has 1 rings (SSSR count). The van der Waals surface area contributed by atoms with Gasteiger partial charge < -0.3 is 15.4 Å². The summed E-state index contributed by atoms with van der Waals surface area (Å²) in [5.74, 6) is 0.853. The van der Waals surface area contributed by atoms with Crippen LogP contribution in [0.5, 0.6) is 0 Å². The summed E-state index contributed by atoms with van der Waals surface area (Å²) in [6.45, 7) is 5.28. The summed E-state index contributed by atoms with van der Waals surface area (Å²) in [6, 6.07) is 0. The van der Waals surface area contributed by atoms with Crippen LogP contribution in [-0.4, -0.2) is 43.3 Å². The number of hydrogen-bond donors (Lipinski definition) is 2. The van der Waals surface area contributed by atoms with Crippen molar-refractivity contribution in [3.8, 4) is 0 Å². The molecule has 84 valence electrons. The third kappa shape index (κ3) is 4.71. The van der Waals surface area contributed by atoms with Crippen LogP contribution in [0.2, 0.25) is 0 Å². The molecule has 0 aromatic carbocycles. The van der Waals surface area contributed by atoms with Gasteiger partial charge in [-0.3, -0.25) is 4.98 Å². The molecule has 0 aliphatic rings. The lowest BCUT2D eigenvalue weighted by Crippen LogP contribution is -2.25. The van der Waals surface area contributed by atoms with E-state index in [9.17, 15) is 0 Å². The van der Waals surface area contributed by atoms with E-state index >= 15 is 0 Å². The first-order valence-corrected chi connectivity index (χ1v) is 5.05. The van der Waals surface area contributed by atoms with Crippen LogP contribution in [0.4, 0.5) is 5.82 Å². The van der Waals surface area contributed by atoms with Crippen LogP contribution in [0, 0.1) is 6.92 Å². The second kappa shape index (κ2) is 7.14. The number of rotatable bonds is 7. The Balaban J connectivity index is 2.12. The third-order valence-corrected chi connectivity index (χ3v) is 1.96. The largest absolute Gasteiger partial charge is 0.383 e. The van der Waals surface area contributed by atoms with Gasteiger partial charge in [0.25, 0.3) is 0 Å². The van der Waals surface area contributed by atoms with Crippen molar-refractivity contribution < 1.29 is 4.74 Å². The molecular formula is C10H18N4O. The van der Waals surface area contributed by atoms with Crippen molar-refractivity contribution in [2.24, 2.45) is 0 Å². The second-order valence-corrected chi connectivity index (χ2v) is 3.16. The summed E-state index contributed by atoms with van der Waals surface area (Å²) >= 11 is 0. The smallest absolute Gasteiger partial charge is 0.147 e. The van der Waals surface area contributed by atoms with Crippen molar-refractivity contribution in [2.75, 3.05) is 38.7 Å². The molecule has 2 N–H and O–H groups in total. The predicted octanol–water partition coefficient (Wildman–Crippen LogP) is 0.433. The summed E-state index contributed by atoms with van der Waals surface area (Å²) in [4.78, 5) is 8.33. The molecular weight excluding hydrogens is 192 g/mol. The number of nitrogens with one attached hydrogen (secondary N) is 2. The molecule has 0 saturated carbocycles. The first kappa shape index (κ1) is 11.9. The number of aromatic nitrogens is 2. The SMILES string of the molecule is COCCNCCNc1nccnc1C. The van der Waals surface area contributed by atoms with E-state index in [1.807, 2.05) is 6.92 Å². The van der Waals surface area contributed by atoms with Crippen LogP contribution in [0.15, 0.2) is 12.4 Å². The Labute approximate surface area is 90.3 Å². The molecule has 15 heavy (non-hydrogen) atoms. The van der Waals surface area contributed by atoms with Crippen LogP contribution < -0.4 is 10.6 Å². The van der Waals surface area contributed by atoms with Gasteiger partial charge in [-0.2, -0.15) is 0 Å². The standard InChI is InChI=1S/C10H18N4O/c1-9-10(14-6-5-12-9)13-4-3-11-7-8-15-2/h5-6,11H,3-4,7-8H2,1-2H3,(H,13,14). The summed E-state index contributed by atoms with van der Waals surface area (Å²) in [5.41, 5.74) is 0.925. The molecule has 0 amide bonds. The highest BCUT2D eigenvalue weighted by Gasteiger charge is 1.97. The third-order valence-electron chi connectivity index (χ3n) is 1.96. The minimum Gasteiger partial charge on any atom is -0.383 e. The zero-order valence-electron chi connectivity index (χ0n) is 9.29. The molecule has 0 saturated heterocycles. The molecule has 0 unspecified atom stereocenters. The van der Waals surface area contributed by atoms with Gasteiger partial charge in [-0.25, -0.2) is 4.98 Å². The van der Waals surface area contributed by atoms with Crippen molar-refractivity contribution in [3.05, 3.63) is 18.1 Å². The van der Waals surface area contributed by atoms with Gasteiger partial charge in [0.15, 0.2) is 0 Å². The van der Waals surface area contributed by atoms with Crippen molar-refractivity contribution >= 4 is 5.82 Å². The lowest BCUT2D eigenvalue weighted by atomic mass is 10.4. The Kier molecular flexibility index (Phi) is 5.65. The van der Waals surface area contributed by atoms with Crippen LogP contribution in [0.3, 0.4) is 0 Å². The lowest BCUT2D eigenvalue weighted by Gasteiger charge is -2.07. The van der Waals surface area contributed by atoms with Gasteiger partial charge in [-0.15, -0.1) is 0 Å². The average Bonchev–Trinajstić information content (AvgIpc) is 2.25. The number of ether oxygens (including phenoxy) is 1. The fourth-order valence-corrected chi connectivity index (χ4v) is 1.15. The van der Waals surface area contributed by atoms with Gasteiger partial charge in [0.2, 0.25) is 0 Å². The first-order valence-electron chi connectivity index (χ1n) is 5.05.